The minimum atomic E-state index is -0.443. The topological polar surface area (TPSA) is 85.4 Å². The van der Waals surface area contributed by atoms with Gasteiger partial charge >= 0.3 is 0 Å². The van der Waals surface area contributed by atoms with E-state index in [0.717, 1.165) is 218 Å². The molecule has 11 aromatic carbocycles. The van der Waals surface area contributed by atoms with Crippen LogP contribution in [0.15, 0.2) is 259 Å². The van der Waals surface area contributed by atoms with Gasteiger partial charge in [-0.15, -0.1) is 0 Å². The Morgan fingerprint density at radius 1 is 0.254 bits per heavy atom. The van der Waals surface area contributed by atoms with Crippen molar-refractivity contribution in [3.8, 4) is 67.0 Å². The van der Waals surface area contributed by atoms with Crippen molar-refractivity contribution in [1.29, 1.82) is 0 Å². The molecule has 0 spiro atoms. The fraction of sp³-hybridized carbons (Fsp3) is 0.315. The average Bonchev–Trinajstić information content (AvgIpc) is 0.904. The molecular formula is C127H132BN9O. The van der Waals surface area contributed by atoms with Crippen molar-refractivity contribution in [2.75, 3.05) is 9.80 Å². The Balaban J connectivity index is 1.03. The summed E-state index contributed by atoms with van der Waals surface area (Å²) in [5.41, 5.74) is 36.2. The highest BCUT2D eigenvalue weighted by Gasteiger charge is 2.47. The van der Waals surface area contributed by atoms with E-state index in [1.165, 1.54) is 21.9 Å². The predicted octanol–water partition coefficient (Wildman–Crippen LogP) is 33.3. The van der Waals surface area contributed by atoms with Gasteiger partial charge in [-0.2, -0.15) is 0 Å². The van der Waals surface area contributed by atoms with E-state index < -0.39 is 6.71 Å². The fourth-order valence-corrected chi connectivity index (χ4v) is 20.7. The number of rotatable bonds is 9. The van der Waals surface area contributed by atoms with Gasteiger partial charge in [0.25, 0.3) is 6.71 Å². The first kappa shape index (κ1) is 92.3. The van der Waals surface area contributed by atoms with Crippen molar-refractivity contribution in [1.82, 2.24) is 29.1 Å². The molecule has 2 aliphatic rings. The summed E-state index contributed by atoms with van der Waals surface area (Å²) >= 11 is 0. The summed E-state index contributed by atoms with van der Waals surface area (Å²) in [6, 6.07) is 98.3. The maximum atomic E-state index is 8.46. The SMILES string of the molecule is [C-]#[N+]c1ccc2c(c1)c1ccccc1n2-c1ccc2c(c1)N(c1c(-c3cc(C(C)(C)C)nc(C(C)(C)C)c3)cccc1-c1cc(C(C)(C)C)nc(C(C)(C)C)c1)c1cc(-c3ccc4oc5ccccc5c4c3)cc3c1B2c1ccc(-n2c4ccc(C(C)(C)C)cc4c4cc(C(C)(C)C)ccc42)cc1N3c1c(-c2cc(C(C)(C)C)nc(C(C)(C)C)c2)cccc1-c1cc(C(C)(C)C)nc(C(C)(C)C)c1. The van der Waals surface area contributed by atoms with E-state index in [9.17, 15) is 0 Å². The monoisotopic (exact) mass is 1810 g/mol. The predicted molar refractivity (Wildman–Crippen MR) is 588 cm³/mol. The second-order valence-corrected chi connectivity index (χ2v) is 49.7. The minimum Gasteiger partial charge on any atom is -0.456 e. The van der Waals surface area contributed by atoms with Crippen LogP contribution in [0.25, 0.3) is 137 Å². The molecule has 0 saturated carbocycles. The molecule has 0 saturated heterocycles. The van der Waals surface area contributed by atoms with Crippen LogP contribution in [0.1, 0.15) is 264 Å². The molecule has 0 unspecified atom stereocenters. The number of furan rings is 1. The molecule has 18 aromatic rings. The first-order valence-electron chi connectivity index (χ1n) is 49.5. The lowest BCUT2D eigenvalue weighted by Gasteiger charge is -2.46. The lowest BCUT2D eigenvalue weighted by atomic mass is 9.33. The summed E-state index contributed by atoms with van der Waals surface area (Å²) in [5.74, 6) is 0. The van der Waals surface area contributed by atoms with E-state index >= 15 is 0 Å². The Kier molecular flexibility index (Phi) is 21.3. The Bertz CT molecular complexity index is 7740. The molecule has 0 radical (unpaired) electrons. The summed E-state index contributed by atoms with van der Waals surface area (Å²) in [6.07, 6.45) is 0. The number of hydrogen-bond acceptors (Lipinski definition) is 7. The third-order valence-corrected chi connectivity index (χ3v) is 28.8. The zero-order valence-electron chi connectivity index (χ0n) is 86.8. The molecule has 0 amide bonds. The van der Waals surface area contributed by atoms with Crippen LogP contribution in [0.3, 0.4) is 0 Å². The maximum Gasteiger partial charge on any atom is 0.252 e. The van der Waals surface area contributed by atoms with Crippen LogP contribution < -0.4 is 26.2 Å². The molecule has 0 N–H and O–H groups in total. The smallest absolute Gasteiger partial charge is 0.252 e. The second kappa shape index (κ2) is 31.8. The number of aromatic nitrogens is 6. The van der Waals surface area contributed by atoms with Gasteiger partial charge in [0.1, 0.15) is 11.2 Å². The molecule has 10 nitrogen and oxygen atoms in total. The third-order valence-electron chi connectivity index (χ3n) is 28.8. The molecule has 0 atom stereocenters. The van der Waals surface area contributed by atoms with E-state index in [2.05, 4.69) is 480 Å². The Morgan fingerprint density at radius 2 is 0.587 bits per heavy atom. The molecule has 2 aliphatic heterocycles. The first-order chi connectivity index (χ1) is 64.6. The fourth-order valence-electron chi connectivity index (χ4n) is 20.7. The Morgan fingerprint density at radius 3 is 0.949 bits per heavy atom. The van der Waals surface area contributed by atoms with Crippen LogP contribution in [-0.2, 0) is 54.1 Å². The first-order valence-corrected chi connectivity index (χ1v) is 49.5. The molecule has 694 valence electrons. The summed E-state index contributed by atoms with van der Waals surface area (Å²) in [7, 11) is 0. The number of benzene rings is 11. The molecule has 138 heavy (non-hydrogen) atoms. The van der Waals surface area contributed by atoms with Gasteiger partial charge in [-0.3, -0.25) is 19.9 Å². The Labute approximate surface area is 818 Å². The van der Waals surface area contributed by atoms with Gasteiger partial charge in [0, 0.05) is 172 Å². The quantitative estimate of drug-likeness (QED) is 0.105. The normalized spacial score (nSPS) is 13.7. The summed E-state index contributed by atoms with van der Waals surface area (Å²) in [4.78, 5) is 32.4. The van der Waals surface area contributed by atoms with Crippen LogP contribution in [0.2, 0.25) is 0 Å². The number of fused-ring (bicyclic) bond motifs is 13. The van der Waals surface area contributed by atoms with Gasteiger partial charge in [-0.05, 0) is 223 Å². The van der Waals surface area contributed by atoms with Crippen molar-refractivity contribution < 1.29 is 4.42 Å². The molecular weight excluding hydrogens is 1680 g/mol. The van der Waals surface area contributed by atoms with Crippen LogP contribution in [0, 0.1) is 6.57 Å². The number of para-hydroxylation sites is 4. The van der Waals surface area contributed by atoms with Crippen molar-refractivity contribution >= 4 is 128 Å². The number of anilines is 6. The molecule has 20 rings (SSSR count). The minimum absolute atomic E-state index is 0.130. The summed E-state index contributed by atoms with van der Waals surface area (Å²) in [5, 5.41) is 6.61. The maximum absolute atomic E-state index is 8.46. The number of pyridine rings is 4. The van der Waals surface area contributed by atoms with Gasteiger partial charge in [0.15, 0.2) is 5.69 Å². The highest BCUT2D eigenvalue weighted by Crippen LogP contribution is 2.57. The average molecular weight is 1810 g/mol. The lowest BCUT2D eigenvalue weighted by Crippen LogP contribution is -2.61. The van der Waals surface area contributed by atoms with E-state index in [1.807, 2.05) is 6.07 Å². The lowest BCUT2D eigenvalue weighted by molar-refractivity contribution is 0.531. The van der Waals surface area contributed by atoms with Crippen molar-refractivity contribution in [2.45, 2.75) is 262 Å². The van der Waals surface area contributed by atoms with E-state index in [0.29, 0.717) is 5.69 Å². The highest BCUT2D eigenvalue weighted by molar-refractivity contribution is 7.00. The molecule has 0 bridgehead atoms. The van der Waals surface area contributed by atoms with Crippen LogP contribution in [0.4, 0.5) is 39.8 Å². The van der Waals surface area contributed by atoms with Crippen molar-refractivity contribution in [3.05, 3.63) is 323 Å². The third kappa shape index (κ3) is 16.0. The largest absolute Gasteiger partial charge is 0.456 e. The number of nitrogens with zero attached hydrogens (tertiary/aromatic N) is 9. The molecule has 0 aliphatic carbocycles. The van der Waals surface area contributed by atoms with Gasteiger partial charge < -0.3 is 23.4 Å². The van der Waals surface area contributed by atoms with Crippen molar-refractivity contribution in [2.24, 2.45) is 0 Å². The molecule has 9 heterocycles. The molecule has 0 fully saturated rings. The van der Waals surface area contributed by atoms with Crippen molar-refractivity contribution in [3.63, 3.8) is 0 Å². The van der Waals surface area contributed by atoms with E-state index in [-0.39, 0.29) is 54.1 Å². The summed E-state index contributed by atoms with van der Waals surface area (Å²) in [6.45, 7) is 77.4. The van der Waals surface area contributed by atoms with E-state index in [4.69, 9.17) is 30.9 Å². The van der Waals surface area contributed by atoms with Crippen LogP contribution in [0.5, 0.6) is 0 Å². The molecule has 7 aromatic heterocycles. The zero-order valence-corrected chi connectivity index (χ0v) is 86.8. The van der Waals surface area contributed by atoms with Gasteiger partial charge in [0.2, 0.25) is 0 Å². The van der Waals surface area contributed by atoms with Crippen LogP contribution >= 0.6 is 0 Å². The molecule has 11 heteroatoms. The van der Waals surface area contributed by atoms with Gasteiger partial charge in [0.05, 0.1) is 40.0 Å². The standard InChI is InChI=1S/C127H132BN9O/c1-118(2,3)80-47-54-98-91(69-80)92-70-81(119(4,5)6)48-55-99(92)135(98)84-51-53-96-102(73-84)137(117-87(78-65-111(124(19,20)21)132-112(66-78)125(22,23)24)42-37-43-88(117)79-67-113(126(25,26)27)133-114(68-79)127(28,29)30)104-60-75(74-46-57-106-94(58-74)90-39-33-35-45-105(90)138-106)59-103-115(104)128(96)95-52-50-83(134-97-44-34-32-38-89(97)93-71-82(129-31)49-56-100(93)134)72-101(95)136(103)116-85(76-61-107(120(7,8)9)130-108(62-76)121(10,11)12)40-36-41-86(116)77-63-109(122(13,14)15)131-110(64-77)123(16,17)18/h32-73H,1-30H3. The second-order valence-electron chi connectivity index (χ2n) is 49.7. The Hall–Kier alpha value is -13.4. The number of hydrogen-bond donors (Lipinski definition) is 0. The van der Waals surface area contributed by atoms with E-state index in [1.54, 1.807) is 0 Å². The van der Waals surface area contributed by atoms with Gasteiger partial charge in [-0.1, -0.05) is 317 Å². The summed E-state index contributed by atoms with van der Waals surface area (Å²) < 4.78 is 11.9. The zero-order chi connectivity index (χ0) is 98.2. The highest BCUT2D eigenvalue weighted by atomic mass is 16.3. The van der Waals surface area contributed by atoms with Gasteiger partial charge in [-0.25, -0.2) is 4.85 Å². The van der Waals surface area contributed by atoms with Crippen LogP contribution in [-0.4, -0.2) is 35.8 Å².